The molecule has 0 fully saturated rings. The molecule has 0 aliphatic carbocycles. The normalized spacial score (nSPS) is 12.3. The number of anilines is 1. The number of aromatic nitrogens is 4. The number of aryl methyl sites for hydroxylation is 1. The van der Waals surface area contributed by atoms with Crippen molar-refractivity contribution in [1.29, 1.82) is 0 Å². The van der Waals surface area contributed by atoms with E-state index >= 15 is 0 Å². The summed E-state index contributed by atoms with van der Waals surface area (Å²) in [5.74, 6) is -0.210. The Morgan fingerprint density at radius 3 is 2.71 bits per heavy atom. The van der Waals surface area contributed by atoms with Gasteiger partial charge >= 0.3 is 0 Å². The summed E-state index contributed by atoms with van der Waals surface area (Å²) in [7, 11) is 0. The zero-order chi connectivity index (χ0) is 17.3. The molecule has 1 aromatic carbocycles. The molecule has 124 valence electrons. The zero-order valence-corrected chi connectivity index (χ0v) is 14.0. The van der Waals surface area contributed by atoms with Crippen LogP contribution in [0.1, 0.15) is 30.5 Å². The van der Waals surface area contributed by atoms with Gasteiger partial charge in [0.15, 0.2) is 0 Å². The minimum absolute atomic E-state index is 0.0183. The van der Waals surface area contributed by atoms with E-state index in [2.05, 4.69) is 20.4 Å². The van der Waals surface area contributed by atoms with Crippen LogP contribution in [0, 0.1) is 6.92 Å². The van der Waals surface area contributed by atoms with E-state index in [1.165, 1.54) is 0 Å². The summed E-state index contributed by atoms with van der Waals surface area (Å²) in [6, 6.07) is 9.49. The number of nitrogens with zero attached hydrogens (tertiary/aromatic N) is 3. The molecule has 2 heterocycles. The van der Waals surface area contributed by atoms with E-state index in [9.17, 15) is 9.59 Å². The lowest BCUT2D eigenvalue weighted by molar-refractivity contribution is -0.117. The number of amides is 1. The quantitative estimate of drug-likeness (QED) is 0.760. The Balaban J connectivity index is 1.90. The van der Waals surface area contributed by atoms with Crippen molar-refractivity contribution < 1.29 is 4.79 Å². The summed E-state index contributed by atoms with van der Waals surface area (Å²) in [5.41, 5.74) is 0.854. The third-order valence-corrected chi connectivity index (χ3v) is 4.21. The maximum atomic E-state index is 12.5. The molecule has 7 nitrogen and oxygen atoms in total. The van der Waals surface area contributed by atoms with Gasteiger partial charge in [0.25, 0.3) is 11.3 Å². The SMILES string of the molecule is CCC(C(=O)Nc1nc2nc(C)c(Cl)c(=O)n2[nH]1)c1ccccc1. The van der Waals surface area contributed by atoms with Crippen molar-refractivity contribution in [3.63, 3.8) is 0 Å². The monoisotopic (exact) mass is 345 g/mol. The lowest BCUT2D eigenvalue weighted by Gasteiger charge is -2.13. The maximum absolute atomic E-state index is 12.5. The molecule has 0 saturated carbocycles. The van der Waals surface area contributed by atoms with E-state index in [0.717, 1.165) is 10.1 Å². The molecule has 2 N–H and O–H groups in total. The molecule has 0 saturated heterocycles. The van der Waals surface area contributed by atoms with Crippen molar-refractivity contribution in [3.8, 4) is 0 Å². The van der Waals surface area contributed by atoms with Crippen LogP contribution in [0.15, 0.2) is 35.1 Å². The third-order valence-electron chi connectivity index (χ3n) is 3.77. The van der Waals surface area contributed by atoms with Crippen LogP contribution in [0.4, 0.5) is 5.95 Å². The predicted octanol–water partition coefficient (Wildman–Crippen LogP) is 2.51. The molecule has 2 aromatic heterocycles. The molecule has 1 unspecified atom stereocenters. The molecular formula is C16H16ClN5O2. The van der Waals surface area contributed by atoms with E-state index < -0.39 is 5.56 Å². The Morgan fingerprint density at radius 1 is 1.33 bits per heavy atom. The Hall–Kier alpha value is -2.67. The first-order valence-electron chi connectivity index (χ1n) is 7.52. The third kappa shape index (κ3) is 2.90. The topological polar surface area (TPSA) is 92.2 Å². The zero-order valence-electron chi connectivity index (χ0n) is 13.2. The highest BCUT2D eigenvalue weighted by molar-refractivity contribution is 6.31. The number of carbonyl (C=O) groups excluding carboxylic acids is 1. The van der Waals surface area contributed by atoms with Crippen LogP contribution in [0.25, 0.3) is 5.78 Å². The smallest absolute Gasteiger partial charge is 0.293 e. The molecule has 0 bridgehead atoms. The Labute approximate surface area is 142 Å². The second-order valence-corrected chi connectivity index (χ2v) is 5.76. The molecule has 0 aliphatic rings. The molecule has 8 heteroatoms. The van der Waals surface area contributed by atoms with E-state index in [-0.39, 0.29) is 28.6 Å². The number of benzene rings is 1. The predicted molar refractivity (Wildman–Crippen MR) is 91.5 cm³/mol. The molecule has 1 atom stereocenters. The first-order valence-corrected chi connectivity index (χ1v) is 7.89. The van der Waals surface area contributed by atoms with Crippen LogP contribution in [-0.2, 0) is 4.79 Å². The average molecular weight is 346 g/mol. The lowest BCUT2D eigenvalue weighted by Crippen LogP contribution is -2.22. The summed E-state index contributed by atoms with van der Waals surface area (Å²) in [5, 5.41) is 5.42. The van der Waals surface area contributed by atoms with Gasteiger partial charge in [-0.05, 0) is 18.9 Å². The van der Waals surface area contributed by atoms with Gasteiger partial charge in [0.1, 0.15) is 5.02 Å². The van der Waals surface area contributed by atoms with Gasteiger partial charge in [-0.1, -0.05) is 48.9 Å². The maximum Gasteiger partial charge on any atom is 0.293 e. The number of carbonyl (C=O) groups is 1. The number of hydrogen-bond acceptors (Lipinski definition) is 4. The highest BCUT2D eigenvalue weighted by atomic mass is 35.5. The van der Waals surface area contributed by atoms with Gasteiger partial charge in [-0.25, -0.2) is 4.98 Å². The minimum atomic E-state index is -0.456. The summed E-state index contributed by atoms with van der Waals surface area (Å²) in [6.07, 6.45) is 0.638. The van der Waals surface area contributed by atoms with Gasteiger partial charge in [-0.2, -0.15) is 9.50 Å². The fourth-order valence-electron chi connectivity index (χ4n) is 2.52. The second kappa shape index (κ2) is 6.45. The minimum Gasteiger partial charge on any atom is -0.294 e. The van der Waals surface area contributed by atoms with Crippen LogP contribution >= 0.6 is 11.6 Å². The highest BCUT2D eigenvalue weighted by Crippen LogP contribution is 2.20. The summed E-state index contributed by atoms with van der Waals surface area (Å²) < 4.78 is 1.11. The molecule has 0 aliphatic heterocycles. The van der Waals surface area contributed by atoms with E-state index in [1.54, 1.807) is 6.92 Å². The van der Waals surface area contributed by atoms with Crippen molar-refractivity contribution >= 4 is 29.2 Å². The van der Waals surface area contributed by atoms with Crippen molar-refractivity contribution in [3.05, 3.63) is 57.0 Å². The molecule has 0 radical (unpaired) electrons. The van der Waals surface area contributed by atoms with Gasteiger partial charge in [0.05, 0.1) is 11.6 Å². The Bertz CT molecular complexity index is 948. The van der Waals surface area contributed by atoms with Crippen molar-refractivity contribution in [1.82, 2.24) is 19.6 Å². The van der Waals surface area contributed by atoms with Crippen molar-refractivity contribution in [2.75, 3.05) is 5.32 Å². The number of aromatic amines is 1. The molecule has 3 rings (SSSR count). The number of nitrogens with one attached hydrogen (secondary N) is 2. The van der Waals surface area contributed by atoms with Crippen molar-refractivity contribution in [2.45, 2.75) is 26.2 Å². The van der Waals surface area contributed by atoms with Gasteiger partial charge in [0.2, 0.25) is 11.9 Å². The number of H-pyrrole nitrogens is 1. The average Bonchev–Trinajstić information content (AvgIpc) is 2.97. The summed E-state index contributed by atoms with van der Waals surface area (Å²) in [6.45, 7) is 3.56. The number of halogens is 1. The Kier molecular flexibility index (Phi) is 4.35. The van der Waals surface area contributed by atoms with Crippen LogP contribution in [0.2, 0.25) is 5.02 Å². The molecule has 0 spiro atoms. The summed E-state index contributed by atoms with van der Waals surface area (Å²) >= 11 is 5.89. The van der Waals surface area contributed by atoms with Crippen LogP contribution in [0.3, 0.4) is 0 Å². The fourth-order valence-corrected chi connectivity index (χ4v) is 2.64. The van der Waals surface area contributed by atoms with Gasteiger partial charge in [-0.3, -0.25) is 20.0 Å². The van der Waals surface area contributed by atoms with Crippen LogP contribution in [-0.4, -0.2) is 25.5 Å². The first-order chi connectivity index (χ1) is 11.5. The second-order valence-electron chi connectivity index (χ2n) is 5.38. The van der Waals surface area contributed by atoms with Crippen LogP contribution in [0.5, 0.6) is 0 Å². The largest absolute Gasteiger partial charge is 0.294 e. The van der Waals surface area contributed by atoms with Gasteiger partial charge in [0, 0.05) is 0 Å². The summed E-state index contributed by atoms with van der Waals surface area (Å²) in [4.78, 5) is 32.9. The molecular weight excluding hydrogens is 330 g/mol. The molecule has 3 aromatic rings. The number of fused-ring (bicyclic) bond motifs is 1. The fraction of sp³-hybridized carbons (Fsp3) is 0.250. The first kappa shape index (κ1) is 16.2. The molecule has 24 heavy (non-hydrogen) atoms. The highest BCUT2D eigenvalue weighted by Gasteiger charge is 2.20. The standard InChI is InChI=1S/C16H16ClN5O2/c1-3-11(10-7-5-4-6-8-10)13(23)19-15-20-16-18-9(2)12(17)14(24)22(16)21-15/h4-8,11H,3H2,1-2H3,(H2,18,19,20,21,23). The number of hydrogen-bond donors (Lipinski definition) is 2. The van der Waals surface area contributed by atoms with Crippen molar-refractivity contribution in [2.24, 2.45) is 0 Å². The lowest BCUT2D eigenvalue weighted by atomic mass is 9.96. The van der Waals surface area contributed by atoms with Gasteiger partial charge in [-0.15, -0.1) is 0 Å². The van der Waals surface area contributed by atoms with E-state index in [1.807, 2.05) is 37.3 Å². The molecule has 1 amide bonds. The van der Waals surface area contributed by atoms with Crippen LogP contribution < -0.4 is 10.9 Å². The van der Waals surface area contributed by atoms with E-state index in [4.69, 9.17) is 11.6 Å². The van der Waals surface area contributed by atoms with Gasteiger partial charge < -0.3 is 0 Å². The van der Waals surface area contributed by atoms with E-state index in [0.29, 0.717) is 12.1 Å². The Morgan fingerprint density at radius 2 is 2.04 bits per heavy atom. The number of rotatable bonds is 4.